The Morgan fingerprint density at radius 1 is 1.14 bits per heavy atom. The summed E-state index contributed by atoms with van der Waals surface area (Å²) in [7, 11) is 0. The predicted molar refractivity (Wildman–Crippen MR) is 141 cm³/mol. The molecule has 6 nitrogen and oxygen atoms in total. The van der Waals surface area contributed by atoms with Crippen LogP contribution in [0.25, 0.3) is 6.08 Å². The monoisotopic (exact) mass is 505 g/mol. The topological polar surface area (TPSA) is 96.7 Å². The zero-order valence-corrected chi connectivity index (χ0v) is 22.9. The van der Waals surface area contributed by atoms with Gasteiger partial charge in [0.05, 0.1) is 29.3 Å². The number of thiazole rings is 1. The number of carbonyl (C=O) groups is 2. The van der Waals surface area contributed by atoms with Crippen LogP contribution in [-0.4, -0.2) is 45.3 Å². The van der Waals surface area contributed by atoms with E-state index in [4.69, 9.17) is 4.74 Å². The van der Waals surface area contributed by atoms with E-state index in [9.17, 15) is 19.8 Å². The number of nitrogens with zero attached hydrogens (tertiary/aromatic N) is 1. The average molecular weight is 506 g/mol. The lowest BCUT2D eigenvalue weighted by Crippen LogP contribution is -2.39. The van der Waals surface area contributed by atoms with Gasteiger partial charge in [-0.25, -0.2) is 4.98 Å². The molecule has 0 saturated heterocycles. The molecule has 1 aromatic rings. The fourth-order valence-corrected chi connectivity index (χ4v) is 5.30. The van der Waals surface area contributed by atoms with Gasteiger partial charge in [0.1, 0.15) is 11.9 Å². The molecule has 2 heterocycles. The van der Waals surface area contributed by atoms with Crippen LogP contribution in [0.3, 0.4) is 0 Å². The minimum absolute atomic E-state index is 0.0234. The quantitative estimate of drug-likeness (QED) is 0.406. The van der Waals surface area contributed by atoms with E-state index in [1.807, 2.05) is 38.3 Å². The molecule has 0 amide bonds. The van der Waals surface area contributed by atoms with E-state index in [1.165, 1.54) is 0 Å². The van der Waals surface area contributed by atoms with E-state index in [1.54, 1.807) is 25.2 Å². The second-order valence-electron chi connectivity index (χ2n) is 10.4. The summed E-state index contributed by atoms with van der Waals surface area (Å²) in [4.78, 5) is 30.2. The van der Waals surface area contributed by atoms with Crippen molar-refractivity contribution >= 4 is 29.2 Å². The summed E-state index contributed by atoms with van der Waals surface area (Å²) in [6, 6.07) is 0. The third-order valence-electron chi connectivity index (χ3n) is 7.10. The minimum atomic E-state index is -1.17. The van der Waals surface area contributed by atoms with Gasteiger partial charge in [0.15, 0.2) is 0 Å². The first-order chi connectivity index (χ1) is 16.5. The summed E-state index contributed by atoms with van der Waals surface area (Å²) < 4.78 is 5.77. The van der Waals surface area contributed by atoms with E-state index >= 15 is 0 Å². The number of rotatable bonds is 2. The van der Waals surface area contributed by atoms with Crippen LogP contribution in [0.4, 0.5) is 0 Å². The molecule has 0 radical (unpaired) electrons. The highest BCUT2D eigenvalue weighted by Gasteiger charge is 2.34. The van der Waals surface area contributed by atoms with Crippen molar-refractivity contribution in [2.75, 3.05) is 0 Å². The molecule has 1 aliphatic heterocycles. The molecule has 0 saturated carbocycles. The molecule has 196 valence electrons. The Morgan fingerprint density at radius 3 is 2.51 bits per heavy atom. The van der Waals surface area contributed by atoms with Gasteiger partial charge in [-0.2, -0.15) is 0 Å². The van der Waals surface area contributed by atoms with Crippen molar-refractivity contribution in [1.29, 1.82) is 0 Å². The molecule has 1 aromatic heterocycles. The largest absolute Gasteiger partial charge is 0.457 e. The van der Waals surface area contributed by atoms with E-state index in [0.717, 1.165) is 42.0 Å². The summed E-state index contributed by atoms with van der Waals surface area (Å²) >= 11 is 1.56. The molecule has 7 atom stereocenters. The molecule has 0 aliphatic carbocycles. The summed E-state index contributed by atoms with van der Waals surface area (Å²) in [6.45, 7) is 11.4. The standard InChI is InChI=1S/C28H43NO5S/c1-17-11-9-7-8-10-12-25(18(2)14-23-16-35-22(6)29-23)34-26(31)15-24(30)20(4)28(33)21(5)27(32)19(3)13-17/h8,10,14,16-17,19-21,24-25,27,30,32H,7,9,11-13,15H2,1-6H3/b10-8?,18-14+/t17?,19-,20-,21+,24-,25-,27-/m0/s1. The lowest BCUT2D eigenvalue weighted by atomic mass is 9.80. The molecule has 2 N–H and O–H groups in total. The average Bonchev–Trinajstić information content (AvgIpc) is 3.21. The molecule has 0 aromatic carbocycles. The Balaban J connectivity index is 2.22. The number of aliphatic hydroxyl groups is 2. The van der Waals surface area contributed by atoms with Crippen LogP contribution in [0, 0.1) is 30.6 Å². The van der Waals surface area contributed by atoms with Crippen LogP contribution in [0.5, 0.6) is 0 Å². The fraction of sp³-hybridized carbons (Fsp3) is 0.679. The molecule has 0 fully saturated rings. The minimum Gasteiger partial charge on any atom is -0.457 e. The Hall–Kier alpha value is -1.83. The smallest absolute Gasteiger partial charge is 0.309 e. The number of aliphatic hydroxyl groups excluding tert-OH is 2. The number of aromatic nitrogens is 1. The number of hydrogen-bond donors (Lipinski definition) is 2. The van der Waals surface area contributed by atoms with Crippen molar-refractivity contribution in [3.63, 3.8) is 0 Å². The summed E-state index contributed by atoms with van der Waals surface area (Å²) in [5, 5.41) is 24.4. The number of ether oxygens (including phenoxy) is 1. The molecular weight excluding hydrogens is 462 g/mol. The fourth-order valence-electron chi connectivity index (χ4n) is 4.73. The number of carbonyl (C=O) groups excluding carboxylic acids is 2. The highest BCUT2D eigenvalue weighted by Crippen LogP contribution is 2.27. The maximum atomic E-state index is 13.0. The van der Waals surface area contributed by atoms with Crippen LogP contribution >= 0.6 is 11.3 Å². The van der Waals surface area contributed by atoms with E-state index in [-0.39, 0.29) is 18.1 Å². The highest BCUT2D eigenvalue weighted by molar-refractivity contribution is 7.09. The molecule has 35 heavy (non-hydrogen) atoms. The zero-order chi connectivity index (χ0) is 26.1. The second kappa shape index (κ2) is 14.0. The van der Waals surface area contributed by atoms with E-state index < -0.39 is 36.1 Å². The number of esters is 1. The summed E-state index contributed by atoms with van der Waals surface area (Å²) in [6.07, 6.45) is 7.80. The molecular formula is C28H43NO5S. The number of aryl methyl sites for hydroxylation is 1. The molecule has 1 unspecified atom stereocenters. The maximum Gasteiger partial charge on any atom is 0.309 e. The summed E-state index contributed by atoms with van der Waals surface area (Å²) in [5.41, 5.74) is 1.71. The van der Waals surface area contributed by atoms with Gasteiger partial charge >= 0.3 is 5.97 Å². The van der Waals surface area contributed by atoms with Crippen LogP contribution in [0.1, 0.15) is 83.8 Å². The summed E-state index contributed by atoms with van der Waals surface area (Å²) in [5.74, 6) is -1.74. The van der Waals surface area contributed by atoms with Crippen molar-refractivity contribution in [2.45, 2.75) is 98.4 Å². The number of hydrogen-bond acceptors (Lipinski definition) is 7. The molecule has 2 rings (SSSR count). The van der Waals surface area contributed by atoms with Crippen molar-refractivity contribution in [3.05, 3.63) is 33.8 Å². The Bertz CT molecular complexity index is 892. The third-order valence-corrected chi connectivity index (χ3v) is 7.89. The number of Topliss-reactive ketones (excluding diaryl/α,β-unsaturated/α-hetero) is 1. The van der Waals surface area contributed by atoms with Gasteiger partial charge in [0, 0.05) is 23.6 Å². The van der Waals surface area contributed by atoms with Crippen molar-refractivity contribution in [3.8, 4) is 0 Å². The van der Waals surface area contributed by atoms with Gasteiger partial charge in [-0.15, -0.1) is 11.3 Å². The lowest BCUT2D eigenvalue weighted by molar-refractivity contribution is -0.151. The number of ketones is 1. The number of cyclic esters (lactones) is 1. The first-order valence-electron chi connectivity index (χ1n) is 12.8. The van der Waals surface area contributed by atoms with E-state index in [0.29, 0.717) is 12.3 Å². The normalized spacial score (nSPS) is 33.1. The number of allylic oxidation sites excluding steroid dienone is 1. The van der Waals surface area contributed by atoms with Gasteiger partial charge < -0.3 is 14.9 Å². The Labute approximate surface area is 214 Å². The van der Waals surface area contributed by atoms with Crippen LogP contribution in [-0.2, 0) is 14.3 Å². The van der Waals surface area contributed by atoms with E-state index in [2.05, 4.69) is 18.0 Å². The van der Waals surface area contributed by atoms with Crippen molar-refractivity contribution < 1.29 is 24.5 Å². The van der Waals surface area contributed by atoms with Crippen molar-refractivity contribution in [2.24, 2.45) is 23.7 Å². The molecule has 0 bridgehead atoms. The van der Waals surface area contributed by atoms with Gasteiger partial charge in [-0.05, 0) is 56.6 Å². The highest BCUT2D eigenvalue weighted by atomic mass is 32.1. The van der Waals surface area contributed by atoms with Crippen LogP contribution in [0.2, 0.25) is 0 Å². The zero-order valence-electron chi connectivity index (χ0n) is 22.1. The van der Waals surface area contributed by atoms with Gasteiger partial charge in [-0.1, -0.05) is 46.3 Å². The van der Waals surface area contributed by atoms with Crippen LogP contribution in [0.15, 0.2) is 23.1 Å². The Kier molecular flexibility index (Phi) is 11.8. The van der Waals surface area contributed by atoms with Gasteiger partial charge in [0.25, 0.3) is 0 Å². The SMILES string of the molecule is C/C(=C\c1csc(C)n1)[C@@H]1CC=CCCCC(C)C[C@H](C)[C@H](O)[C@@H](C)C(=O)[C@@H](C)[C@@H](O)CC(=O)O1. The van der Waals surface area contributed by atoms with Gasteiger partial charge in [0.2, 0.25) is 0 Å². The van der Waals surface area contributed by atoms with Crippen LogP contribution < -0.4 is 0 Å². The third kappa shape index (κ3) is 9.28. The molecule has 7 heteroatoms. The lowest BCUT2D eigenvalue weighted by Gasteiger charge is -2.29. The maximum absolute atomic E-state index is 13.0. The Morgan fingerprint density at radius 2 is 1.86 bits per heavy atom. The first-order valence-corrected chi connectivity index (χ1v) is 13.7. The molecule has 0 spiro atoms. The predicted octanol–water partition coefficient (Wildman–Crippen LogP) is 5.51. The molecule has 1 aliphatic rings. The first kappa shape index (κ1) is 29.4. The second-order valence-corrected chi connectivity index (χ2v) is 11.4. The van der Waals surface area contributed by atoms with Gasteiger partial charge in [-0.3, -0.25) is 9.59 Å². The van der Waals surface area contributed by atoms with Crippen molar-refractivity contribution in [1.82, 2.24) is 4.98 Å².